The van der Waals surface area contributed by atoms with Crippen molar-refractivity contribution in [2.75, 3.05) is 13.1 Å². The molecule has 1 amide bonds. The lowest BCUT2D eigenvalue weighted by Crippen LogP contribution is -2.43. The number of sulfonamides is 1. The number of nitrogens with zero attached hydrogens (tertiary/aromatic N) is 1. The molecule has 1 aromatic carbocycles. The number of rotatable bonds is 5. The first-order valence-corrected chi connectivity index (χ1v) is 11.5. The summed E-state index contributed by atoms with van der Waals surface area (Å²) >= 11 is 1.18. The van der Waals surface area contributed by atoms with Crippen molar-refractivity contribution < 1.29 is 13.2 Å². The average molecular weight is 406 g/mol. The van der Waals surface area contributed by atoms with Crippen molar-refractivity contribution in [1.82, 2.24) is 14.9 Å². The van der Waals surface area contributed by atoms with E-state index >= 15 is 0 Å². The van der Waals surface area contributed by atoms with Gasteiger partial charge in [0.05, 0.1) is 0 Å². The molecule has 8 heteroatoms. The second kappa shape index (κ2) is 7.71. The Morgan fingerprint density at radius 2 is 1.93 bits per heavy atom. The molecule has 1 saturated heterocycles. The molecule has 2 aliphatic rings. The predicted octanol–water partition coefficient (Wildman–Crippen LogP) is 2.32. The van der Waals surface area contributed by atoms with E-state index in [1.165, 1.54) is 21.7 Å². The van der Waals surface area contributed by atoms with E-state index < -0.39 is 10.0 Å². The molecule has 0 saturated carbocycles. The molecule has 1 fully saturated rings. The summed E-state index contributed by atoms with van der Waals surface area (Å²) in [5.74, 6) is -0.312. The Hall–Kier alpha value is -1.74. The van der Waals surface area contributed by atoms with Crippen LogP contribution in [-0.4, -0.2) is 37.8 Å². The normalized spacial score (nSPS) is 20.4. The molecule has 2 N–H and O–H groups in total. The summed E-state index contributed by atoms with van der Waals surface area (Å²) in [5.41, 5.74) is 2.04. The van der Waals surface area contributed by atoms with Gasteiger partial charge in [0.25, 0.3) is 5.91 Å². The van der Waals surface area contributed by atoms with E-state index in [0.717, 1.165) is 36.9 Å². The van der Waals surface area contributed by atoms with Gasteiger partial charge in [-0.25, -0.2) is 8.42 Å². The van der Waals surface area contributed by atoms with Crippen molar-refractivity contribution in [2.24, 2.45) is 0 Å². The summed E-state index contributed by atoms with van der Waals surface area (Å²) in [5, 5.41) is 7.95. The van der Waals surface area contributed by atoms with Gasteiger partial charge in [-0.3, -0.25) is 4.79 Å². The van der Waals surface area contributed by atoms with Crippen molar-refractivity contribution in [2.45, 2.75) is 43.3 Å². The van der Waals surface area contributed by atoms with E-state index in [0.29, 0.717) is 19.6 Å². The highest BCUT2D eigenvalue weighted by Crippen LogP contribution is 2.31. The highest BCUT2D eigenvalue weighted by Gasteiger charge is 2.34. The SMILES string of the molecule is O=C(NC[C@H]1CCCCN1)c1sccc1S(=O)(=O)N1Cc2ccccc2C1. The van der Waals surface area contributed by atoms with Gasteiger partial charge >= 0.3 is 0 Å². The van der Waals surface area contributed by atoms with Gasteiger partial charge in [0.15, 0.2) is 0 Å². The van der Waals surface area contributed by atoms with Gasteiger partial charge < -0.3 is 10.6 Å². The fourth-order valence-corrected chi connectivity index (χ4v) is 6.38. The summed E-state index contributed by atoms with van der Waals surface area (Å²) in [6, 6.07) is 9.52. The van der Waals surface area contributed by atoms with Gasteiger partial charge in [-0.05, 0) is 42.0 Å². The molecule has 2 aromatic rings. The van der Waals surface area contributed by atoms with Crippen molar-refractivity contribution >= 4 is 27.3 Å². The van der Waals surface area contributed by atoms with Crippen LogP contribution in [0.5, 0.6) is 0 Å². The lowest BCUT2D eigenvalue weighted by molar-refractivity contribution is 0.0948. The molecule has 0 unspecified atom stereocenters. The summed E-state index contributed by atoms with van der Waals surface area (Å²) in [6.07, 6.45) is 3.35. The Balaban J connectivity index is 1.48. The van der Waals surface area contributed by atoms with Gasteiger partial charge in [-0.2, -0.15) is 4.31 Å². The summed E-state index contributed by atoms with van der Waals surface area (Å²) in [7, 11) is -3.71. The predicted molar refractivity (Wildman–Crippen MR) is 105 cm³/mol. The molecular formula is C19H23N3O3S2. The Kier molecular flexibility index (Phi) is 5.32. The van der Waals surface area contributed by atoms with E-state index in [4.69, 9.17) is 0 Å². The lowest BCUT2D eigenvalue weighted by Gasteiger charge is -2.23. The number of piperidine rings is 1. The van der Waals surface area contributed by atoms with E-state index in [1.54, 1.807) is 5.38 Å². The third-order valence-corrected chi connectivity index (χ3v) is 8.06. The number of thiophene rings is 1. The number of nitrogens with one attached hydrogen (secondary N) is 2. The van der Waals surface area contributed by atoms with Crippen LogP contribution >= 0.6 is 11.3 Å². The molecule has 3 heterocycles. The largest absolute Gasteiger partial charge is 0.350 e. The van der Waals surface area contributed by atoms with Crippen molar-refractivity contribution in [3.8, 4) is 0 Å². The van der Waals surface area contributed by atoms with E-state index in [-0.39, 0.29) is 21.7 Å². The zero-order valence-corrected chi connectivity index (χ0v) is 16.6. The smallest absolute Gasteiger partial charge is 0.262 e. The van der Waals surface area contributed by atoms with Gasteiger partial charge in [0.1, 0.15) is 9.77 Å². The molecule has 0 spiro atoms. The Morgan fingerprint density at radius 1 is 1.19 bits per heavy atom. The minimum atomic E-state index is -3.71. The third-order valence-electron chi connectivity index (χ3n) is 5.19. The Labute approximate surface area is 163 Å². The Morgan fingerprint density at radius 3 is 2.59 bits per heavy atom. The number of carbonyl (C=O) groups is 1. The quantitative estimate of drug-likeness (QED) is 0.800. The van der Waals surface area contributed by atoms with Crippen molar-refractivity contribution in [3.63, 3.8) is 0 Å². The van der Waals surface area contributed by atoms with E-state index in [9.17, 15) is 13.2 Å². The molecule has 0 bridgehead atoms. The zero-order valence-electron chi connectivity index (χ0n) is 15.0. The molecule has 6 nitrogen and oxygen atoms in total. The van der Waals surface area contributed by atoms with Crippen molar-refractivity contribution in [3.05, 3.63) is 51.7 Å². The molecule has 2 aliphatic heterocycles. The number of hydrogen-bond donors (Lipinski definition) is 2. The highest BCUT2D eigenvalue weighted by molar-refractivity contribution is 7.89. The molecule has 27 heavy (non-hydrogen) atoms. The topological polar surface area (TPSA) is 78.5 Å². The maximum atomic E-state index is 13.1. The van der Waals surface area contributed by atoms with Crippen LogP contribution in [0.1, 0.15) is 40.1 Å². The van der Waals surface area contributed by atoms with Crippen LogP contribution in [0.25, 0.3) is 0 Å². The van der Waals surface area contributed by atoms with Crippen LogP contribution in [0.4, 0.5) is 0 Å². The Bertz CT molecular complexity index is 908. The lowest BCUT2D eigenvalue weighted by atomic mass is 10.1. The second-order valence-corrected chi connectivity index (χ2v) is 9.84. The van der Waals surface area contributed by atoms with Gasteiger partial charge in [0.2, 0.25) is 10.0 Å². The molecule has 1 atom stereocenters. The van der Waals surface area contributed by atoms with Crippen molar-refractivity contribution in [1.29, 1.82) is 0 Å². The molecule has 144 valence electrons. The van der Waals surface area contributed by atoms with Crippen LogP contribution in [0, 0.1) is 0 Å². The first-order valence-electron chi connectivity index (χ1n) is 9.22. The summed E-state index contributed by atoms with van der Waals surface area (Å²) in [4.78, 5) is 13.0. The standard InChI is InChI=1S/C19H23N3O3S2/c23-19(21-11-16-7-3-4-9-20-16)18-17(8-10-26-18)27(24,25)22-12-14-5-1-2-6-15(14)13-22/h1-2,5-6,8,10,16,20H,3-4,7,9,11-13H2,(H,21,23)/t16-/m1/s1. The maximum absolute atomic E-state index is 13.1. The monoisotopic (exact) mass is 405 g/mol. The average Bonchev–Trinajstić information content (AvgIpc) is 3.34. The first kappa shape index (κ1) is 18.6. The zero-order chi connectivity index (χ0) is 18.9. The van der Waals surface area contributed by atoms with Gasteiger partial charge in [-0.1, -0.05) is 30.7 Å². The molecule has 1 aromatic heterocycles. The maximum Gasteiger partial charge on any atom is 0.262 e. The number of carbonyl (C=O) groups excluding carboxylic acids is 1. The number of amides is 1. The van der Waals surface area contributed by atoms with Crippen LogP contribution < -0.4 is 10.6 Å². The minimum Gasteiger partial charge on any atom is -0.350 e. The summed E-state index contributed by atoms with van der Waals surface area (Å²) in [6.45, 7) is 2.18. The van der Waals surface area contributed by atoms with E-state index in [1.807, 2.05) is 24.3 Å². The van der Waals surface area contributed by atoms with Gasteiger partial charge in [-0.15, -0.1) is 11.3 Å². The number of fused-ring (bicyclic) bond motifs is 1. The molecular weight excluding hydrogens is 382 g/mol. The summed E-state index contributed by atoms with van der Waals surface area (Å²) < 4.78 is 27.7. The molecule has 4 rings (SSSR count). The number of benzene rings is 1. The molecule has 0 aliphatic carbocycles. The second-order valence-electron chi connectivity index (χ2n) is 7.01. The fourth-order valence-electron chi connectivity index (χ4n) is 3.67. The highest BCUT2D eigenvalue weighted by atomic mass is 32.2. The van der Waals surface area contributed by atoms with Crippen LogP contribution in [0.15, 0.2) is 40.6 Å². The van der Waals surface area contributed by atoms with Crippen LogP contribution in [-0.2, 0) is 23.1 Å². The van der Waals surface area contributed by atoms with Crippen LogP contribution in [0.3, 0.4) is 0 Å². The third kappa shape index (κ3) is 3.80. The van der Waals surface area contributed by atoms with E-state index in [2.05, 4.69) is 10.6 Å². The minimum absolute atomic E-state index is 0.106. The molecule has 0 radical (unpaired) electrons. The number of hydrogen-bond acceptors (Lipinski definition) is 5. The first-order chi connectivity index (χ1) is 13.1. The fraction of sp³-hybridized carbons (Fsp3) is 0.421. The van der Waals surface area contributed by atoms with Gasteiger partial charge in [0, 0.05) is 25.7 Å². The van der Waals surface area contributed by atoms with Crippen LogP contribution in [0.2, 0.25) is 0 Å².